The molecule has 2 aromatic rings. The monoisotopic (exact) mass is 265 g/mol. The fourth-order valence-electron chi connectivity index (χ4n) is 1.89. The first-order valence-electron chi connectivity index (χ1n) is 5.67. The molecule has 96 valence electrons. The van der Waals surface area contributed by atoms with E-state index in [-0.39, 0.29) is 6.04 Å². The van der Waals surface area contributed by atoms with Gasteiger partial charge in [-0.05, 0) is 12.1 Å². The number of nitrogens with zero attached hydrogens (tertiary/aromatic N) is 2. The highest BCUT2D eigenvalue weighted by Crippen LogP contribution is 2.28. The van der Waals surface area contributed by atoms with Crippen LogP contribution in [0.5, 0.6) is 5.75 Å². The Bertz CT molecular complexity index is 539. The van der Waals surface area contributed by atoms with Crippen LogP contribution in [0.3, 0.4) is 0 Å². The zero-order valence-electron chi connectivity index (χ0n) is 10.4. The Hall–Kier alpha value is -1.52. The number of aromatic nitrogens is 2. The van der Waals surface area contributed by atoms with Gasteiger partial charge in [0.2, 0.25) is 0 Å². The van der Waals surface area contributed by atoms with Gasteiger partial charge in [-0.3, -0.25) is 0 Å². The van der Waals surface area contributed by atoms with Crippen molar-refractivity contribution in [3.63, 3.8) is 0 Å². The molecule has 1 aromatic heterocycles. The van der Waals surface area contributed by atoms with Crippen molar-refractivity contribution >= 4 is 11.6 Å². The minimum Gasteiger partial charge on any atom is -0.496 e. The second kappa shape index (κ2) is 5.42. The topological polar surface area (TPSA) is 53.1 Å². The second-order valence-electron chi connectivity index (χ2n) is 4.15. The van der Waals surface area contributed by atoms with E-state index in [1.165, 1.54) is 0 Å². The van der Waals surface area contributed by atoms with Crippen LogP contribution in [0.4, 0.5) is 0 Å². The molecule has 18 heavy (non-hydrogen) atoms. The van der Waals surface area contributed by atoms with Gasteiger partial charge in [-0.2, -0.15) is 0 Å². The number of nitrogens with two attached hydrogens (primary N) is 1. The number of methoxy groups -OCH3 is 1. The number of ether oxygens (including phenoxy) is 1. The van der Waals surface area contributed by atoms with Crippen LogP contribution >= 0.6 is 11.6 Å². The van der Waals surface area contributed by atoms with Crippen LogP contribution in [0.1, 0.15) is 17.4 Å². The molecule has 0 bridgehead atoms. The lowest BCUT2D eigenvalue weighted by Crippen LogP contribution is -2.16. The SMILES string of the molecule is COc1cc(Cl)ccc1C(N)Cc1nccn1C. The minimum atomic E-state index is -0.168. The summed E-state index contributed by atoms with van der Waals surface area (Å²) in [5.41, 5.74) is 7.14. The summed E-state index contributed by atoms with van der Waals surface area (Å²) in [6.07, 6.45) is 4.32. The largest absolute Gasteiger partial charge is 0.496 e. The summed E-state index contributed by atoms with van der Waals surface area (Å²) in [6, 6.07) is 5.32. The van der Waals surface area contributed by atoms with Gasteiger partial charge >= 0.3 is 0 Å². The van der Waals surface area contributed by atoms with Gasteiger partial charge in [0, 0.05) is 42.5 Å². The van der Waals surface area contributed by atoms with Gasteiger partial charge in [-0.1, -0.05) is 17.7 Å². The van der Waals surface area contributed by atoms with Crippen molar-refractivity contribution in [2.45, 2.75) is 12.5 Å². The molecule has 1 heterocycles. The third kappa shape index (κ3) is 2.66. The third-order valence-corrected chi connectivity index (χ3v) is 3.15. The highest BCUT2D eigenvalue weighted by atomic mass is 35.5. The molecule has 0 aliphatic carbocycles. The first kappa shape index (κ1) is 12.9. The predicted molar refractivity (Wildman–Crippen MR) is 71.8 cm³/mol. The number of hydrogen-bond donors (Lipinski definition) is 1. The smallest absolute Gasteiger partial charge is 0.125 e. The first-order chi connectivity index (χ1) is 8.61. The van der Waals surface area contributed by atoms with Gasteiger partial charge < -0.3 is 15.0 Å². The third-order valence-electron chi connectivity index (χ3n) is 2.92. The number of rotatable bonds is 4. The Morgan fingerprint density at radius 1 is 1.50 bits per heavy atom. The van der Waals surface area contributed by atoms with E-state index in [0.717, 1.165) is 11.4 Å². The zero-order chi connectivity index (χ0) is 13.1. The van der Waals surface area contributed by atoms with Gasteiger partial charge in [0.05, 0.1) is 7.11 Å². The van der Waals surface area contributed by atoms with E-state index in [1.807, 2.05) is 29.9 Å². The second-order valence-corrected chi connectivity index (χ2v) is 4.59. The summed E-state index contributed by atoms with van der Waals surface area (Å²) in [4.78, 5) is 4.27. The molecule has 0 radical (unpaired) electrons. The molecule has 1 atom stereocenters. The molecule has 0 aliphatic rings. The molecule has 0 saturated heterocycles. The highest BCUT2D eigenvalue weighted by Gasteiger charge is 2.14. The van der Waals surface area contributed by atoms with Gasteiger partial charge in [0.25, 0.3) is 0 Å². The zero-order valence-corrected chi connectivity index (χ0v) is 11.2. The molecule has 0 spiro atoms. The minimum absolute atomic E-state index is 0.168. The van der Waals surface area contributed by atoms with Crippen LogP contribution < -0.4 is 10.5 Å². The van der Waals surface area contributed by atoms with Crippen molar-refractivity contribution in [1.29, 1.82) is 0 Å². The average Bonchev–Trinajstić information content (AvgIpc) is 2.74. The van der Waals surface area contributed by atoms with E-state index in [4.69, 9.17) is 22.1 Å². The Balaban J connectivity index is 2.23. The molecule has 0 aliphatic heterocycles. The fourth-order valence-corrected chi connectivity index (χ4v) is 2.05. The van der Waals surface area contributed by atoms with Crippen molar-refractivity contribution < 1.29 is 4.74 Å². The summed E-state index contributed by atoms with van der Waals surface area (Å²) in [6.45, 7) is 0. The molecule has 0 amide bonds. The van der Waals surface area contributed by atoms with Crippen LogP contribution in [0.15, 0.2) is 30.6 Å². The van der Waals surface area contributed by atoms with E-state index >= 15 is 0 Å². The van der Waals surface area contributed by atoms with Crippen molar-refractivity contribution in [2.24, 2.45) is 12.8 Å². The van der Waals surface area contributed by atoms with Gasteiger partial charge in [-0.25, -0.2) is 4.98 Å². The molecule has 4 nitrogen and oxygen atoms in total. The van der Waals surface area contributed by atoms with Crippen molar-refractivity contribution in [3.8, 4) is 5.75 Å². The number of imidazole rings is 1. The summed E-state index contributed by atoms with van der Waals surface area (Å²) < 4.78 is 7.27. The molecule has 2 rings (SSSR count). The maximum atomic E-state index is 6.21. The maximum Gasteiger partial charge on any atom is 0.125 e. The van der Waals surface area contributed by atoms with Crippen LogP contribution in [-0.4, -0.2) is 16.7 Å². The lowest BCUT2D eigenvalue weighted by Gasteiger charge is -2.15. The molecule has 1 aromatic carbocycles. The van der Waals surface area contributed by atoms with Crippen molar-refractivity contribution in [2.75, 3.05) is 7.11 Å². The lowest BCUT2D eigenvalue weighted by atomic mass is 10.0. The van der Waals surface area contributed by atoms with E-state index in [2.05, 4.69) is 4.98 Å². The lowest BCUT2D eigenvalue weighted by molar-refractivity contribution is 0.405. The van der Waals surface area contributed by atoms with E-state index < -0.39 is 0 Å². The van der Waals surface area contributed by atoms with Crippen LogP contribution in [0.25, 0.3) is 0 Å². The van der Waals surface area contributed by atoms with Gasteiger partial charge in [0.1, 0.15) is 11.6 Å². The van der Waals surface area contributed by atoms with Gasteiger partial charge in [0.15, 0.2) is 0 Å². The average molecular weight is 266 g/mol. The molecular formula is C13H16ClN3O. The van der Waals surface area contributed by atoms with E-state index in [1.54, 1.807) is 19.4 Å². The number of hydrogen-bond acceptors (Lipinski definition) is 3. The Morgan fingerprint density at radius 3 is 2.89 bits per heavy atom. The highest BCUT2D eigenvalue weighted by molar-refractivity contribution is 6.30. The normalized spacial score (nSPS) is 12.4. The summed E-state index contributed by atoms with van der Waals surface area (Å²) >= 11 is 5.93. The predicted octanol–water partition coefficient (Wildman–Crippen LogP) is 2.32. The van der Waals surface area contributed by atoms with Crippen LogP contribution in [-0.2, 0) is 13.5 Å². The Kier molecular flexibility index (Phi) is 3.89. The summed E-state index contributed by atoms with van der Waals surface area (Å²) in [5.74, 6) is 1.66. The first-order valence-corrected chi connectivity index (χ1v) is 6.05. The van der Waals surface area contributed by atoms with Crippen molar-refractivity contribution in [3.05, 3.63) is 47.0 Å². The molecule has 5 heteroatoms. The number of aryl methyl sites for hydroxylation is 1. The van der Waals surface area contributed by atoms with E-state index in [0.29, 0.717) is 17.2 Å². The maximum absolute atomic E-state index is 6.21. The quantitative estimate of drug-likeness (QED) is 0.923. The number of halogens is 1. The number of benzene rings is 1. The van der Waals surface area contributed by atoms with Crippen LogP contribution in [0, 0.1) is 0 Å². The van der Waals surface area contributed by atoms with Crippen molar-refractivity contribution in [1.82, 2.24) is 9.55 Å². The Morgan fingerprint density at radius 2 is 2.28 bits per heavy atom. The van der Waals surface area contributed by atoms with Gasteiger partial charge in [-0.15, -0.1) is 0 Å². The van der Waals surface area contributed by atoms with Crippen LogP contribution in [0.2, 0.25) is 5.02 Å². The molecular weight excluding hydrogens is 250 g/mol. The molecule has 1 unspecified atom stereocenters. The standard InChI is InChI=1S/C13H16ClN3O/c1-17-6-5-16-13(17)8-11(15)10-4-3-9(14)7-12(10)18-2/h3-7,11H,8,15H2,1-2H3. The molecule has 0 fully saturated rings. The fraction of sp³-hybridized carbons (Fsp3) is 0.308. The Labute approximate surface area is 111 Å². The summed E-state index contributed by atoms with van der Waals surface area (Å²) in [7, 11) is 3.57. The van der Waals surface area contributed by atoms with E-state index in [9.17, 15) is 0 Å². The molecule has 2 N–H and O–H groups in total. The molecule has 0 saturated carbocycles. The summed E-state index contributed by atoms with van der Waals surface area (Å²) in [5, 5.41) is 0.639.